The summed E-state index contributed by atoms with van der Waals surface area (Å²) in [5, 5.41) is -0.0433. The molecule has 23 heavy (non-hydrogen) atoms. The second-order valence-electron chi connectivity index (χ2n) is 5.05. The number of alkyl halides is 3. The molecule has 0 bridgehead atoms. The van der Waals surface area contributed by atoms with Gasteiger partial charge in [-0.15, -0.1) is 0 Å². The molecule has 0 saturated carbocycles. The summed E-state index contributed by atoms with van der Waals surface area (Å²) < 4.78 is 43.5. The molecule has 1 aromatic carbocycles. The highest BCUT2D eigenvalue weighted by Gasteiger charge is 2.40. The van der Waals surface area contributed by atoms with Crippen LogP contribution in [0.15, 0.2) is 46.2 Å². The first kappa shape index (κ1) is 17.9. The smallest absolute Gasteiger partial charge is 0.316 e. The molecule has 0 amide bonds. The number of nitrogens with zero attached hydrogens (tertiary/aromatic N) is 1. The molecule has 0 aliphatic heterocycles. The summed E-state index contributed by atoms with van der Waals surface area (Å²) in [4.78, 5) is 11.9. The molecule has 1 atom stereocenters. The van der Waals surface area contributed by atoms with Crippen molar-refractivity contribution in [3.8, 4) is 0 Å². The van der Waals surface area contributed by atoms with Gasteiger partial charge in [-0.1, -0.05) is 41.4 Å². The maximum absolute atomic E-state index is 13.3. The van der Waals surface area contributed by atoms with Crippen molar-refractivity contribution in [3.05, 3.63) is 63.0 Å². The fourth-order valence-corrected chi connectivity index (χ4v) is 3.13. The molecular formula is C15H14ClF3N2OS. The van der Waals surface area contributed by atoms with Crippen LogP contribution in [0.4, 0.5) is 13.2 Å². The Bertz CT molecular complexity index is 718. The van der Waals surface area contributed by atoms with Gasteiger partial charge in [0.05, 0.1) is 0 Å². The number of aromatic nitrogens is 1. The van der Waals surface area contributed by atoms with Crippen molar-refractivity contribution in [2.24, 2.45) is 7.05 Å². The van der Waals surface area contributed by atoms with Crippen molar-refractivity contribution in [3.63, 3.8) is 0 Å². The van der Waals surface area contributed by atoms with E-state index >= 15 is 0 Å². The summed E-state index contributed by atoms with van der Waals surface area (Å²) in [5.74, 6) is 0. The van der Waals surface area contributed by atoms with Gasteiger partial charge in [0.1, 0.15) is 11.1 Å². The quantitative estimate of drug-likeness (QED) is 0.826. The van der Waals surface area contributed by atoms with Gasteiger partial charge in [-0.3, -0.25) is 4.79 Å². The minimum atomic E-state index is -4.45. The third kappa shape index (κ3) is 4.53. The molecule has 0 aliphatic carbocycles. The zero-order chi connectivity index (χ0) is 17.2. The lowest BCUT2D eigenvalue weighted by Gasteiger charge is -2.21. The summed E-state index contributed by atoms with van der Waals surface area (Å²) in [5.41, 5.74) is 0.598. The summed E-state index contributed by atoms with van der Waals surface area (Å²) in [6, 6.07) is 5.64. The highest BCUT2D eigenvalue weighted by atomic mass is 35.5. The van der Waals surface area contributed by atoms with Gasteiger partial charge in [-0.2, -0.15) is 13.2 Å². The number of hydrogen-bond acceptors (Lipinski definition) is 3. The van der Waals surface area contributed by atoms with Crippen LogP contribution in [0.5, 0.6) is 0 Å². The molecule has 2 aromatic rings. The first-order valence-electron chi connectivity index (χ1n) is 6.60. The van der Waals surface area contributed by atoms with E-state index in [9.17, 15) is 18.0 Å². The summed E-state index contributed by atoms with van der Waals surface area (Å²) in [6.45, 7) is 1.81. The van der Waals surface area contributed by atoms with E-state index in [1.54, 1.807) is 19.1 Å². The minimum absolute atomic E-state index is 0.0433. The number of benzene rings is 1. The Hall–Kier alpha value is -1.44. The monoisotopic (exact) mass is 362 g/mol. The second-order valence-corrected chi connectivity index (χ2v) is 6.36. The Kier molecular flexibility index (Phi) is 5.44. The van der Waals surface area contributed by atoms with Crippen molar-refractivity contribution in [2.75, 3.05) is 0 Å². The van der Waals surface area contributed by atoms with E-state index in [1.165, 1.54) is 36.0 Å². The van der Waals surface area contributed by atoms with Crippen LogP contribution in [0, 0.1) is 6.92 Å². The Morgan fingerprint density at radius 3 is 2.39 bits per heavy atom. The molecule has 124 valence electrons. The van der Waals surface area contributed by atoms with Crippen LogP contribution in [0.25, 0.3) is 0 Å². The molecule has 0 unspecified atom stereocenters. The molecule has 8 heteroatoms. The van der Waals surface area contributed by atoms with E-state index in [0.717, 1.165) is 17.5 Å². The van der Waals surface area contributed by atoms with Crippen molar-refractivity contribution in [1.29, 1.82) is 0 Å². The number of hydrogen-bond donors (Lipinski definition) is 1. The Morgan fingerprint density at radius 2 is 1.87 bits per heavy atom. The predicted molar refractivity (Wildman–Crippen MR) is 85.7 cm³/mol. The molecule has 2 rings (SSSR count). The topological polar surface area (TPSA) is 34.0 Å². The molecule has 0 aliphatic rings. The zero-order valence-corrected chi connectivity index (χ0v) is 13.9. The molecule has 1 aromatic heterocycles. The molecule has 3 nitrogen and oxygen atoms in total. The fraction of sp³-hybridized carbons (Fsp3) is 0.267. The van der Waals surface area contributed by atoms with Crippen LogP contribution in [0.2, 0.25) is 5.02 Å². The maximum Gasteiger partial charge on any atom is 0.408 e. The Morgan fingerprint density at radius 1 is 1.26 bits per heavy atom. The van der Waals surface area contributed by atoms with Gasteiger partial charge in [0.25, 0.3) is 5.56 Å². The average Bonchev–Trinajstić information content (AvgIpc) is 2.45. The third-order valence-electron chi connectivity index (χ3n) is 3.15. The van der Waals surface area contributed by atoms with E-state index in [1.807, 2.05) is 0 Å². The SMILES string of the molecule is Cc1ccc([C@@H](NSc2cc(Cl)c(=O)n(C)c2)C(F)(F)F)cc1. The fourth-order valence-electron chi connectivity index (χ4n) is 1.91. The highest BCUT2D eigenvalue weighted by molar-refractivity contribution is 7.97. The van der Waals surface area contributed by atoms with E-state index < -0.39 is 17.8 Å². The standard InChI is InChI=1S/C15H14ClF3N2OS/c1-9-3-5-10(6-4-9)13(15(17,18)19)20-23-11-7-12(16)14(22)21(2)8-11/h3-8,13,20H,1-2H3/t13-/m1/s1. The Balaban J connectivity index is 2.23. The predicted octanol–water partition coefficient (Wildman–Crippen LogP) is 4.25. The summed E-state index contributed by atoms with van der Waals surface area (Å²) in [6.07, 6.45) is -3.03. The van der Waals surface area contributed by atoms with Crippen molar-refractivity contribution in [1.82, 2.24) is 9.29 Å². The van der Waals surface area contributed by atoms with Crippen LogP contribution in [-0.4, -0.2) is 10.7 Å². The van der Waals surface area contributed by atoms with Gasteiger partial charge in [0, 0.05) is 18.1 Å². The third-order valence-corrected chi connectivity index (χ3v) is 4.23. The normalized spacial score (nSPS) is 13.1. The van der Waals surface area contributed by atoms with Crippen LogP contribution >= 0.6 is 23.5 Å². The largest absolute Gasteiger partial charge is 0.408 e. The number of nitrogens with one attached hydrogen (secondary N) is 1. The van der Waals surface area contributed by atoms with E-state index in [4.69, 9.17) is 11.6 Å². The second kappa shape index (κ2) is 6.98. The maximum atomic E-state index is 13.3. The summed E-state index contributed by atoms with van der Waals surface area (Å²) >= 11 is 6.54. The lowest BCUT2D eigenvalue weighted by molar-refractivity contribution is -0.152. The Labute approximate surface area is 140 Å². The first-order valence-corrected chi connectivity index (χ1v) is 7.80. The first-order chi connectivity index (χ1) is 10.7. The lowest BCUT2D eigenvalue weighted by Crippen LogP contribution is -2.30. The number of halogens is 4. The highest BCUT2D eigenvalue weighted by Crippen LogP contribution is 2.35. The molecule has 0 spiro atoms. The molecule has 1 heterocycles. The van der Waals surface area contributed by atoms with Gasteiger partial charge in [0.15, 0.2) is 0 Å². The average molecular weight is 363 g/mol. The minimum Gasteiger partial charge on any atom is -0.316 e. The van der Waals surface area contributed by atoms with Crippen LogP contribution in [0.3, 0.4) is 0 Å². The zero-order valence-electron chi connectivity index (χ0n) is 12.3. The van der Waals surface area contributed by atoms with E-state index in [2.05, 4.69) is 4.72 Å². The van der Waals surface area contributed by atoms with Gasteiger partial charge in [-0.25, -0.2) is 4.72 Å². The summed E-state index contributed by atoms with van der Waals surface area (Å²) in [7, 11) is 1.49. The van der Waals surface area contributed by atoms with E-state index in [0.29, 0.717) is 4.90 Å². The van der Waals surface area contributed by atoms with Gasteiger partial charge >= 0.3 is 6.18 Å². The number of pyridine rings is 1. The lowest BCUT2D eigenvalue weighted by atomic mass is 10.1. The molecular weight excluding hydrogens is 349 g/mol. The molecule has 0 radical (unpaired) electrons. The number of aryl methyl sites for hydroxylation is 2. The van der Waals surface area contributed by atoms with Crippen molar-refractivity contribution >= 4 is 23.5 Å². The van der Waals surface area contributed by atoms with Crippen LogP contribution in [-0.2, 0) is 7.05 Å². The van der Waals surface area contributed by atoms with E-state index in [-0.39, 0.29) is 10.6 Å². The van der Waals surface area contributed by atoms with Crippen molar-refractivity contribution in [2.45, 2.75) is 24.0 Å². The van der Waals surface area contributed by atoms with Crippen LogP contribution < -0.4 is 10.3 Å². The van der Waals surface area contributed by atoms with Gasteiger partial charge < -0.3 is 4.57 Å². The van der Waals surface area contributed by atoms with Crippen LogP contribution in [0.1, 0.15) is 17.2 Å². The molecule has 0 fully saturated rings. The molecule has 1 N–H and O–H groups in total. The van der Waals surface area contributed by atoms with Gasteiger partial charge in [0.2, 0.25) is 0 Å². The number of rotatable bonds is 4. The molecule has 0 saturated heterocycles. The van der Waals surface area contributed by atoms with Gasteiger partial charge in [-0.05, 0) is 30.5 Å². The van der Waals surface area contributed by atoms with Crippen molar-refractivity contribution < 1.29 is 13.2 Å².